The van der Waals surface area contributed by atoms with E-state index in [4.69, 9.17) is 14.6 Å². The highest BCUT2D eigenvalue weighted by Crippen LogP contribution is 2.32. The molecule has 0 unspecified atom stereocenters. The van der Waals surface area contributed by atoms with Gasteiger partial charge < -0.3 is 14.6 Å². The molecule has 0 radical (unpaired) electrons. The minimum atomic E-state index is -0.812. The summed E-state index contributed by atoms with van der Waals surface area (Å²) in [4.78, 5) is 24.2. The average molecular weight is 495 g/mol. The second kappa shape index (κ2) is 12.0. The van der Waals surface area contributed by atoms with Crippen molar-refractivity contribution in [2.45, 2.75) is 39.5 Å². The Balaban J connectivity index is 1.54. The molecule has 0 fully saturated rings. The summed E-state index contributed by atoms with van der Waals surface area (Å²) in [7, 11) is 0. The van der Waals surface area contributed by atoms with Crippen LogP contribution in [0.2, 0.25) is 0 Å². The van der Waals surface area contributed by atoms with Crippen molar-refractivity contribution in [2.24, 2.45) is 0 Å². The van der Waals surface area contributed by atoms with Crippen LogP contribution in [0.15, 0.2) is 108 Å². The van der Waals surface area contributed by atoms with Gasteiger partial charge in [0.1, 0.15) is 23.0 Å². The van der Waals surface area contributed by atoms with Crippen molar-refractivity contribution in [3.63, 3.8) is 0 Å². The fraction of sp³-hybridized carbons (Fsp3) is 0.188. The molecule has 5 nitrogen and oxygen atoms in total. The third-order valence-corrected chi connectivity index (χ3v) is 6.21. The number of ether oxygens (including phenoxy) is 2. The number of hydrogen-bond donors (Lipinski definition) is 1. The van der Waals surface area contributed by atoms with Crippen molar-refractivity contribution in [1.29, 1.82) is 0 Å². The van der Waals surface area contributed by atoms with Crippen LogP contribution in [-0.4, -0.2) is 16.9 Å². The number of carbonyl (C=O) groups is 2. The van der Waals surface area contributed by atoms with Crippen molar-refractivity contribution < 1.29 is 24.2 Å². The van der Waals surface area contributed by atoms with E-state index in [9.17, 15) is 9.59 Å². The standard InChI is InChI=1S/C32H30O5/c1-3-23-13-18-30(29(20-23)32(35)25-8-5-4-6-9-25)37-28-11-7-10-27(21-28)36-26-16-12-22(2)24(14-17-26)15-19-31(33)34/h4-14,17-18,20-21H,3,15-16,19H2,1-2H3,(H,33,34). The smallest absolute Gasteiger partial charge is 0.303 e. The summed E-state index contributed by atoms with van der Waals surface area (Å²) >= 11 is 0. The van der Waals surface area contributed by atoms with Crippen LogP contribution < -0.4 is 9.47 Å². The number of benzene rings is 3. The predicted molar refractivity (Wildman–Crippen MR) is 144 cm³/mol. The molecule has 0 amide bonds. The van der Waals surface area contributed by atoms with Crippen LogP contribution in [0.3, 0.4) is 0 Å². The number of carbonyl (C=O) groups excluding carboxylic acids is 1. The van der Waals surface area contributed by atoms with Crippen molar-refractivity contribution >= 4 is 11.8 Å². The Morgan fingerprint density at radius 2 is 1.65 bits per heavy atom. The molecule has 5 heteroatoms. The van der Waals surface area contributed by atoms with Gasteiger partial charge in [-0.2, -0.15) is 0 Å². The van der Waals surface area contributed by atoms with Gasteiger partial charge in [-0.15, -0.1) is 0 Å². The van der Waals surface area contributed by atoms with Crippen LogP contribution in [0.1, 0.15) is 54.6 Å². The molecule has 1 aliphatic rings. The molecule has 3 aromatic carbocycles. The van der Waals surface area contributed by atoms with Gasteiger partial charge in [0.05, 0.1) is 5.56 Å². The molecule has 0 saturated carbocycles. The van der Waals surface area contributed by atoms with E-state index in [-0.39, 0.29) is 12.2 Å². The van der Waals surface area contributed by atoms with Gasteiger partial charge in [-0.1, -0.05) is 67.1 Å². The fourth-order valence-electron chi connectivity index (χ4n) is 4.06. The van der Waals surface area contributed by atoms with Crippen molar-refractivity contribution in [2.75, 3.05) is 0 Å². The molecule has 0 heterocycles. The Labute approximate surface area is 217 Å². The van der Waals surface area contributed by atoms with E-state index < -0.39 is 5.97 Å². The number of rotatable bonds is 10. The molecule has 1 aliphatic carbocycles. The highest BCUT2D eigenvalue weighted by atomic mass is 16.5. The average Bonchev–Trinajstić information content (AvgIpc) is 3.08. The molecule has 3 aromatic rings. The van der Waals surface area contributed by atoms with Crippen LogP contribution in [0.5, 0.6) is 17.2 Å². The highest BCUT2D eigenvalue weighted by molar-refractivity contribution is 6.10. The molecule has 1 N–H and O–H groups in total. The van der Waals surface area contributed by atoms with E-state index in [0.29, 0.717) is 41.2 Å². The normalized spacial score (nSPS) is 13.1. The minimum absolute atomic E-state index is 0.0884. The summed E-state index contributed by atoms with van der Waals surface area (Å²) in [6.07, 6.45) is 7.84. The summed E-state index contributed by atoms with van der Waals surface area (Å²) in [6.45, 7) is 4.04. The van der Waals surface area contributed by atoms with E-state index in [1.807, 2.05) is 79.7 Å². The predicted octanol–water partition coefficient (Wildman–Crippen LogP) is 7.68. The number of aryl methyl sites for hydroxylation is 1. The first kappa shape index (κ1) is 25.7. The van der Waals surface area contributed by atoms with E-state index in [0.717, 1.165) is 28.9 Å². The summed E-state index contributed by atoms with van der Waals surface area (Å²) in [5.41, 5.74) is 4.23. The van der Waals surface area contributed by atoms with E-state index >= 15 is 0 Å². The van der Waals surface area contributed by atoms with Crippen molar-refractivity contribution in [1.82, 2.24) is 0 Å². The van der Waals surface area contributed by atoms with E-state index in [1.54, 1.807) is 18.2 Å². The first-order valence-electron chi connectivity index (χ1n) is 12.4. The van der Waals surface area contributed by atoms with Gasteiger partial charge in [0.25, 0.3) is 0 Å². The second-order valence-corrected chi connectivity index (χ2v) is 8.87. The monoisotopic (exact) mass is 494 g/mol. The summed E-state index contributed by atoms with van der Waals surface area (Å²) in [5, 5.41) is 8.99. The largest absolute Gasteiger partial charge is 0.481 e. The van der Waals surface area contributed by atoms with Gasteiger partial charge in [0.15, 0.2) is 5.78 Å². The number of carboxylic acid groups (broad SMARTS) is 1. The second-order valence-electron chi connectivity index (χ2n) is 8.87. The molecule has 188 valence electrons. The van der Waals surface area contributed by atoms with Gasteiger partial charge in [0.2, 0.25) is 0 Å². The highest BCUT2D eigenvalue weighted by Gasteiger charge is 2.17. The molecule has 0 saturated heterocycles. The molecule has 0 atom stereocenters. The third-order valence-electron chi connectivity index (χ3n) is 6.21. The zero-order chi connectivity index (χ0) is 26.2. The summed E-state index contributed by atoms with van der Waals surface area (Å²) in [6, 6.07) is 22.2. The lowest BCUT2D eigenvalue weighted by molar-refractivity contribution is -0.136. The Morgan fingerprint density at radius 3 is 2.38 bits per heavy atom. The summed E-state index contributed by atoms with van der Waals surface area (Å²) < 4.78 is 12.3. The van der Waals surface area contributed by atoms with Crippen molar-refractivity contribution in [3.05, 3.63) is 125 Å². The SMILES string of the molecule is CCc1ccc(Oc2cccc(OC3=CC=C(CCC(=O)O)C(C)=CC3)c2)c(C(=O)c2ccccc2)c1. The minimum Gasteiger partial charge on any atom is -0.481 e. The molecule has 0 bridgehead atoms. The first-order valence-corrected chi connectivity index (χ1v) is 12.4. The topological polar surface area (TPSA) is 72.8 Å². The molecule has 0 spiro atoms. The maximum absolute atomic E-state index is 13.3. The molecule has 0 aromatic heterocycles. The maximum Gasteiger partial charge on any atom is 0.303 e. The van der Waals surface area contributed by atoms with Crippen molar-refractivity contribution in [3.8, 4) is 17.2 Å². The molecule has 37 heavy (non-hydrogen) atoms. The van der Waals surface area contributed by atoms with E-state index in [1.165, 1.54) is 0 Å². The maximum atomic E-state index is 13.3. The van der Waals surface area contributed by atoms with Gasteiger partial charge in [-0.05, 0) is 61.2 Å². The van der Waals surface area contributed by atoms with Gasteiger partial charge >= 0.3 is 5.97 Å². The Hall–Kier alpha value is -4.38. The lowest BCUT2D eigenvalue weighted by Crippen LogP contribution is -2.04. The van der Waals surface area contributed by atoms with E-state index in [2.05, 4.69) is 6.92 Å². The van der Waals surface area contributed by atoms with Crippen LogP contribution in [-0.2, 0) is 11.2 Å². The van der Waals surface area contributed by atoms with Gasteiger partial charge in [-0.25, -0.2) is 0 Å². The molecule has 0 aliphatic heterocycles. The number of ketones is 1. The van der Waals surface area contributed by atoms with Crippen LogP contribution in [0, 0.1) is 0 Å². The fourth-order valence-corrected chi connectivity index (χ4v) is 4.06. The molecular formula is C32H30O5. The third kappa shape index (κ3) is 6.85. The number of allylic oxidation sites excluding steroid dienone is 5. The molecule has 4 rings (SSSR count). The lowest BCUT2D eigenvalue weighted by Gasteiger charge is -2.14. The van der Waals surface area contributed by atoms with Crippen LogP contribution in [0.25, 0.3) is 0 Å². The quantitative estimate of drug-likeness (QED) is 0.293. The van der Waals surface area contributed by atoms with Crippen LogP contribution >= 0.6 is 0 Å². The Kier molecular flexibility index (Phi) is 8.37. The summed E-state index contributed by atoms with van der Waals surface area (Å²) in [5.74, 6) is 1.50. The van der Waals surface area contributed by atoms with Crippen LogP contribution in [0.4, 0.5) is 0 Å². The first-order chi connectivity index (χ1) is 17.9. The number of hydrogen-bond acceptors (Lipinski definition) is 4. The lowest BCUT2D eigenvalue weighted by atomic mass is 9.99. The number of aliphatic carboxylic acids is 1. The Bertz CT molecular complexity index is 1380. The Morgan fingerprint density at radius 1 is 0.892 bits per heavy atom. The molecular weight excluding hydrogens is 464 g/mol. The number of carboxylic acids is 1. The zero-order valence-electron chi connectivity index (χ0n) is 21.1. The zero-order valence-corrected chi connectivity index (χ0v) is 21.1. The van der Waals surface area contributed by atoms with Gasteiger partial charge in [-0.3, -0.25) is 9.59 Å². The van der Waals surface area contributed by atoms with Gasteiger partial charge in [0, 0.05) is 24.5 Å².